The SMILES string of the molecule is Cn1c(=O)c(-c2ccc(Cl)cc2)c(-c2ccc(OC(F)(F)F)cc2)c2nn(Cc3ccc(C(F)(F)F)nc3)c(=O)n21. The van der Waals surface area contributed by atoms with Crippen molar-refractivity contribution < 1.29 is 31.1 Å². The zero-order chi connectivity index (χ0) is 29.7. The highest BCUT2D eigenvalue weighted by Gasteiger charge is 2.32. The van der Waals surface area contributed by atoms with E-state index in [0.29, 0.717) is 10.6 Å². The lowest BCUT2D eigenvalue weighted by Crippen LogP contribution is -2.33. The van der Waals surface area contributed by atoms with Crippen LogP contribution in [0.3, 0.4) is 0 Å². The Balaban J connectivity index is 1.72. The van der Waals surface area contributed by atoms with E-state index in [9.17, 15) is 35.9 Å². The lowest BCUT2D eigenvalue weighted by molar-refractivity contribution is -0.274. The van der Waals surface area contributed by atoms with Gasteiger partial charge in [0.05, 0.1) is 12.1 Å². The van der Waals surface area contributed by atoms with E-state index < -0.39 is 35.2 Å². The summed E-state index contributed by atoms with van der Waals surface area (Å²) in [5.41, 5.74) is -1.53. The molecule has 212 valence electrons. The molecule has 0 bridgehead atoms. The Morgan fingerprint density at radius 3 is 2.02 bits per heavy atom. The van der Waals surface area contributed by atoms with Crippen molar-refractivity contribution >= 4 is 17.2 Å². The van der Waals surface area contributed by atoms with Crippen LogP contribution >= 0.6 is 11.6 Å². The van der Waals surface area contributed by atoms with Crippen LogP contribution < -0.4 is 16.0 Å². The molecule has 0 amide bonds. The number of aryl methyl sites for hydroxylation is 1. The average Bonchev–Trinajstić information content (AvgIpc) is 3.21. The minimum Gasteiger partial charge on any atom is -0.406 e. The molecule has 0 fully saturated rings. The van der Waals surface area contributed by atoms with Crippen LogP contribution in [0.5, 0.6) is 5.75 Å². The Labute approximate surface area is 230 Å². The topological polar surface area (TPSA) is 83.4 Å². The van der Waals surface area contributed by atoms with Gasteiger partial charge in [0.25, 0.3) is 5.56 Å². The highest BCUT2D eigenvalue weighted by molar-refractivity contribution is 6.30. The van der Waals surface area contributed by atoms with Gasteiger partial charge in [-0.15, -0.1) is 18.3 Å². The van der Waals surface area contributed by atoms with Gasteiger partial charge in [-0.25, -0.2) is 14.2 Å². The number of nitrogens with zero attached hydrogens (tertiary/aromatic N) is 5. The second-order valence-electron chi connectivity index (χ2n) is 8.78. The number of pyridine rings is 1. The van der Waals surface area contributed by atoms with E-state index in [1.807, 2.05) is 0 Å². The maximum Gasteiger partial charge on any atom is 0.573 e. The molecule has 0 unspecified atom stereocenters. The van der Waals surface area contributed by atoms with Crippen molar-refractivity contribution in [3.05, 3.63) is 104 Å². The van der Waals surface area contributed by atoms with Crippen LogP contribution in [-0.4, -0.2) is 30.3 Å². The molecular weight excluding hydrogens is 580 g/mol. The summed E-state index contributed by atoms with van der Waals surface area (Å²) in [5, 5.41) is 4.74. The van der Waals surface area contributed by atoms with Gasteiger partial charge in [0.1, 0.15) is 11.4 Å². The van der Waals surface area contributed by atoms with Crippen LogP contribution in [-0.2, 0) is 19.8 Å². The third kappa shape index (κ3) is 5.55. The maximum absolute atomic E-state index is 13.6. The molecule has 0 saturated carbocycles. The molecule has 5 rings (SSSR count). The molecule has 8 nitrogen and oxygen atoms in total. The molecule has 0 N–H and O–H groups in total. The number of hydrogen-bond donors (Lipinski definition) is 0. The normalized spacial score (nSPS) is 12.2. The van der Waals surface area contributed by atoms with Crippen molar-refractivity contribution in [2.24, 2.45) is 7.05 Å². The van der Waals surface area contributed by atoms with Crippen LogP contribution in [0.2, 0.25) is 5.02 Å². The third-order valence-corrected chi connectivity index (χ3v) is 6.31. The number of aromatic nitrogens is 5. The van der Waals surface area contributed by atoms with Crippen molar-refractivity contribution in [3.8, 4) is 28.0 Å². The van der Waals surface area contributed by atoms with Gasteiger partial charge in [0, 0.05) is 23.8 Å². The van der Waals surface area contributed by atoms with Gasteiger partial charge in [-0.3, -0.25) is 9.78 Å². The summed E-state index contributed by atoms with van der Waals surface area (Å²) in [7, 11) is 1.33. The number of ether oxygens (including phenoxy) is 1. The molecule has 5 aromatic rings. The number of halogens is 7. The smallest absolute Gasteiger partial charge is 0.406 e. The zero-order valence-electron chi connectivity index (χ0n) is 20.7. The summed E-state index contributed by atoms with van der Waals surface area (Å²) < 4.78 is 83.7. The van der Waals surface area contributed by atoms with Gasteiger partial charge in [0.15, 0.2) is 5.65 Å². The molecule has 3 aromatic heterocycles. The van der Waals surface area contributed by atoms with E-state index in [0.717, 1.165) is 44.3 Å². The fourth-order valence-electron chi connectivity index (χ4n) is 4.24. The van der Waals surface area contributed by atoms with Crippen LogP contribution in [0, 0.1) is 0 Å². The first kappa shape index (κ1) is 28.0. The molecule has 0 aliphatic heterocycles. The second kappa shape index (κ2) is 10.1. The quantitative estimate of drug-likeness (QED) is 0.249. The Kier molecular flexibility index (Phi) is 6.89. The minimum atomic E-state index is -4.93. The Morgan fingerprint density at radius 2 is 1.46 bits per heavy atom. The fraction of sp³-hybridized carbons (Fsp3) is 0.154. The Morgan fingerprint density at radius 1 is 0.854 bits per heavy atom. The predicted molar refractivity (Wildman–Crippen MR) is 136 cm³/mol. The Bertz CT molecular complexity index is 1860. The summed E-state index contributed by atoms with van der Waals surface area (Å²) in [6.07, 6.45) is -8.62. The van der Waals surface area contributed by atoms with E-state index in [1.165, 1.54) is 31.3 Å². The molecule has 0 spiro atoms. The van der Waals surface area contributed by atoms with Crippen molar-refractivity contribution in [3.63, 3.8) is 0 Å². The molecular formula is C26H16ClF6N5O3. The van der Waals surface area contributed by atoms with E-state index >= 15 is 0 Å². The van der Waals surface area contributed by atoms with Crippen LogP contribution in [0.15, 0.2) is 76.4 Å². The van der Waals surface area contributed by atoms with E-state index in [2.05, 4.69) is 14.8 Å². The summed E-state index contributed by atoms with van der Waals surface area (Å²) in [6, 6.07) is 12.7. The summed E-state index contributed by atoms with van der Waals surface area (Å²) in [6.45, 7) is -0.284. The predicted octanol–water partition coefficient (Wildman–Crippen LogP) is 5.54. The lowest BCUT2D eigenvalue weighted by Gasteiger charge is -2.14. The van der Waals surface area contributed by atoms with E-state index in [-0.39, 0.29) is 34.4 Å². The van der Waals surface area contributed by atoms with Crippen molar-refractivity contribution in [1.29, 1.82) is 0 Å². The van der Waals surface area contributed by atoms with Gasteiger partial charge in [0.2, 0.25) is 0 Å². The van der Waals surface area contributed by atoms with E-state index in [4.69, 9.17) is 11.6 Å². The summed E-state index contributed by atoms with van der Waals surface area (Å²) in [4.78, 5) is 30.4. The van der Waals surface area contributed by atoms with Gasteiger partial charge in [-0.1, -0.05) is 41.9 Å². The first-order valence-corrected chi connectivity index (χ1v) is 12.0. The molecule has 3 heterocycles. The average molecular weight is 596 g/mol. The van der Waals surface area contributed by atoms with E-state index in [1.54, 1.807) is 12.1 Å². The third-order valence-electron chi connectivity index (χ3n) is 6.06. The van der Waals surface area contributed by atoms with Gasteiger partial charge in [-0.05, 0) is 47.0 Å². The number of rotatable bonds is 5. The minimum absolute atomic E-state index is 0.0357. The van der Waals surface area contributed by atoms with Gasteiger partial charge < -0.3 is 4.74 Å². The number of hydrogen-bond acceptors (Lipinski definition) is 5. The molecule has 2 aromatic carbocycles. The van der Waals surface area contributed by atoms with Gasteiger partial charge >= 0.3 is 18.2 Å². The number of fused-ring (bicyclic) bond motifs is 1. The van der Waals surface area contributed by atoms with Crippen molar-refractivity contribution in [2.75, 3.05) is 0 Å². The largest absolute Gasteiger partial charge is 0.573 e. The first-order valence-electron chi connectivity index (χ1n) is 11.6. The molecule has 15 heteroatoms. The summed E-state index contributed by atoms with van der Waals surface area (Å²) in [5.74, 6) is -0.508. The first-order chi connectivity index (χ1) is 19.2. The maximum atomic E-state index is 13.6. The molecule has 41 heavy (non-hydrogen) atoms. The molecule has 0 atom stereocenters. The highest BCUT2D eigenvalue weighted by Crippen LogP contribution is 2.34. The lowest BCUT2D eigenvalue weighted by atomic mass is 9.96. The monoisotopic (exact) mass is 595 g/mol. The fourth-order valence-corrected chi connectivity index (χ4v) is 4.37. The second-order valence-corrected chi connectivity index (χ2v) is 9.22. The van der Waals surface area contributed by atoms with Gasteiger partial charge in [-0.2, -0.15) is 17.7 Å². The summed E-state index contributed by atoms with van der Waals surface area (Å²) >= 11 is 6.01. The highest BCUT2D eigenvalue weighted by atomic mass is 35.5. The standard InChI is InChI=1S/C26H16ClF6N5O3/c1-36-23(39)21(16-3-7-17(27)8-4-16)20(15-5-9-18(10-6-15)41-26(31,32)33)22-35-37(24(40)38(22)36)13-14-2-11-19(34-12-14)25(28,29)30/h2-12H,13H2,1H3. The number of benzene rings is 2. The molecule has 0 aliphatic carbocycles. The number of alkyl halides is 6. The Hall–Kier alpha value is -4.59. The molecule has 0 aliphatic rings. The van der Waals surface area contributed by atoms with Crippen molar-refractivity contribution in [1.82, 2.24) is 24.0 Å². The van der Waals surface area contributed by atoms with Crippen LogP contribution in [0.25, 0.3) is 27.9 Å². The van der Waals surface area contributed by atoms with Crippen molar-refractivity contribution in [2.45, 2.75) is 19.1 Å². The molecule has 0 saturated heterocycles. The van der Waals surface area contributed by atoms with Crippen LogP contribution in [0.1, 0.15) is 11.3 Å². The molecule has 0 radical (unpaired) electrons. The van der Waals surface area contributed by atoms with Crippen LogP contribution in [0.4, 0.5) is 26.3 Å². The zero-order valence-corrected chi connectivity index (χ0v) is 21.4.